The van der Waals surface area contributed by atoms with E-state index in [1.165, 1.54) is 6.07 Å². The van der Waals surface area contributed by atoms with Gasteiger partial charge in [0.2, 0.25) is 5.91 Å². The van der Waals surface area contributed by atoms with Gasteiger partial charge >= 0.3 is 0 Å². The number of carbonyl (C=O) groups is 2. The maximum atomic E-state index is 12.9. The molecule has 0 bridgehead atoms. The number of nitrogens with zero attached hydrogens (tertiary/aromatic N) is 2. The number of benzene rings is 1. The zero-order chi connectivity index (χ0) is 19.0. The maximum Gasteiger partial charge on any atom is 0.227 e. The number of hydrogen-bond donors (Lipinski definition) is 1. The number of aromatic hydroxyl groups is 1. The molecule has 27 heavy (non-hydrogen) atoms. The molecule has 1 aromatic carbocycles. The molecule has 0 radical (unpaired) electrons. The van der Waals surface area contributed by atoms with Crippen LogP contribution >= 0.6 is 12.4 Å². The van der Waals surface area contributed by atoms with Crippen LogP contribution in [0.4, 0.5) is 0 Å². The fourth-order valence-corrected chi connectivity index (χ4v) is 3.26. The predicted octanol–water partition coefficient (Wildman–Crippen LogP) is 1.67. The molecule has 2 aromatic rings. The van der Waals surface area contributed by atoms with Gasteiger partial charge in [-0.3, -0.25) is 14.4 Å². The SMILES string of the molecule is Cc1cc2c(=O)c(CC(=O)N3CCN(C)CC3)c(C)oc2c(C=O)c1O.Cl. The number of halogens is 1. The average molecular weight is 395 g/mol. The highest BCUT2D eigenvalue weighted by molar-refractivity contribution is 5.98. The minimum atomic E-state index is -0.336. The highest BCUT2D eigenvalue weighted by atomic mass is 35.5. The molecule has 1 N–H and O–H groups in total. The number of phenolic OH excluding ortho intramolecular Hbond substituents is 1. The molecule has 1 fully saturated rings. The number of fused-ring (bicyclic) bond motifs is 1. The van der Waals surface area contributed by atoms with Gasteiger partial charge in [0.25, 0.3) is 0 Å². The monoisotopic (exact) mass is 394 g/mol. The van der Waals surface area contributed by atoms with Crippen molar-refractivity contribution in [3.05, 3.63) is 38.7 Å². The third kappa shape index (κ3) is 3.84. The molecule has 0 saturated carbocycles. The van der Waals surface area contributed by atoms with E-state index in [-0.39, 0.29) is 58.2 Å². The number of aldehydes is 1. The number of hydrogen-bond acceptors (Lipinski definition) is 6. The van der Waals surface area contributed by atoms with Crippen molar-refractivity contribution in [1.29, 1.82) is 0 Å². The van der Waals surface area contributed by atoms with E-state index in [1.807, 2.05) is 7.05 Å². The average Bonchev–Trinajstić information content (AvgIpc) is 2.61. The summed E-state index contributed by atoms with van der Waals surface area (Å²) in [5.74, 6) is -0.0217. The summed E-state index contributed by atoms with van der Waals surface area (Å²) in [5.41, 5.74) is 0.381. The molecule has 1 aromatic heterocycles. The zero-order valence-electron chi connectivity index (χ0n) is 15.6. The summed E-state index contributed by atoms with van der Waals surface area (Å²) < 4.78 is 5.67. The van der Waals surface area contributed by atoms with Crippen LogP contribution in [0.3, 0.4) is 0 Å². The third-order valence-electron chi connectivity index (χ3n) is 4.98. The molecule has 8 heteroatoms. The second-order valence-corrected chi connectivity index (χ2v) is 6.78. The van der Waals surface area contributed by atoms with E-state index in [0.29, 0.717) is 30.5 Å². The first kappa shape index (κ1) is 20.9. The van der Waals surface area contributed by atoms with Gasteiger partial charge < -0.3 is 19.3 Å². The first-order valence-electron chi connectivity index (χ1n) is 8.53. The standard InChI is InChI=1S/C19H22N2O5.ClH/c1-11-8-14-18(25)13(9-16(23)21-6-4-20(3)5-7-21)12(2)26-19(14)15(10-22)17(11)24;/h8,10,24H,4-7,9H2,1-3H3;1H. The van der Waals surface area contributed by atoms with Crippen molar-refractivity contribution in [3.63, 3.8) is 0 Å². The summed E-state index contributed by atoms with van der Waals surface area (Å²) in [5, 5.41) is 10.2. The Hall–Kier alpha value is -2.38. The normalized spacial score (nSPS) is 14.9. The van der Waals surface area contributed by atoms with Crippen molar-refractivity contribution in [2.45, 2.75) is 20.3 Å². The van der Waals surface area contributed by atoms with Crippen molar-refractivity contribution < 1.29 is 19.1 Å². The fraction of sp³-hybridized carbons (Fsp3) is 0.421. The van der Waals surface area contributed by atoms with Gasteiger partial charge in [-0.15, -0.1) is 12.4 Å². The molecule has 7 nitrogen and oxygen atoms in total. The van der Waals surface area contributed by atoms with E-state index in [1.54, 1.807) is 18.7 Å². The Morgan fingerprint density at radius 3 is 2.48 bits per heavy atom. The summed E-state index contributed by atoms with van der Waals surface area (Å²) >= 11 is 0. The fourth-order valence-electron chi connectivity index (χ4n) is 3.26. The summed E-state index contributed by atoms with van der Waals surface area (Å²) in [6, 6.07) is 1.49. The molecule has 0 atom stereocenters. The summed E-state index contributed by atoms with van der Waals surface area (Å²) in [4.78, 5) is 40.7. The van der Waals surface area contributed by atoms with E-state index in [4.69, 9.17) is 4.42 Å². The number of carbonyl (C=O) groups excluding carboxylic acids is 2. The van der Waals surface area contributed by atoms with Gasteiger partial charge in [-0.1, -0.05) is 0 Å². The van der Waals surface area contributed by atoms with Crippen LogP contribution in [-0.4, -0.2) is 60.3 Å². The van der Waals surface area contributed by atoms with Gasteiger partial charge in [-0.05, 0) is 32.5 Å². The second kappa shape index (κ2) is 8.10. The van der Waals surface area contributed by atoms with E-state index in [0.717, 1.165) is 13.1 Å². The van der Waals surface area contributed by atoms with Gasteiger partial charge in [0.05, 0.1) is 17.4 Å². The Bertz CT molecular complexity index is 945. The van der Waals surface area contributed by atoms with Crippen LogP contribution < -0.4 is 5.43 Å². The minimum absolute atomic E-state index is 0. The first-order valence-corrected chi connectivity index (χ1v) is 8.53. The molecule has 146 valence electrons. The zero-order valence-corrected chi connectivity index (χ0v) is 16.4. The largest absolute Gasteiger partial charge is 0.507 e. The number of aryl methyl sites for hydroxylation is 2. The Kier molecular flexibility index (Phi) is 6.28. The smallest absolute Gasteiger partial charge is 0.227 e. The van der Waals surface area contributed by atoms with Gasteiger partial charge in [-0.2, -0.15) is 0 Å². The Labute approximate surface area is 163 Å². The first-order chi connectivity index (χ1) is 12.3. The third-order valence-corrected chi connectivity index (χ3v) is 4.98. The molecule has 2 heterocycles. The van der Waals surface area contributed by atoms with Crippen molar-refractivity contribution >= 4 is 35.6 Å². The van der Waals surface area contributed by atoms with Crippen LogP contribution in [0.15, 0.2) is 15.3 Å². The van der Waals surface area contributed by atoms with Crippen LogP contribution in [0.1, 0.15) is 27.2 Å². The number of rotatable bonds is 3. The summed E-state index contributed by atoms with van der Waals surface area (Å²) in [7, 11) is 2.01. The van der Waals surface area contributed by atoms with Crippen molar-refractivity contribution in [2.24, 2.45) is 0 Å². The quantitative estimate of drug-likeness (QED) is 0.796. The molecule has 0 aliphatic carbocycles. The van der Waals surface area contributed by atoms with Gasteiger partial charge in [-0.25, -0.2) is 0 Å². The van der Waals surface area contributed by atoms with E-state index >= 15 is 0 Å². The van der Waals surface area contributed by atoms with Crippen LogP contribution in [0.25, 0.3) is 11.0 Å². The molecule has 1 aliphatic rings. The molecular formula is C19H23ClN2O5. The maximum absolute atomic E-state index is 12.9. The Morgan fingerprint density at radius 2 is 1.89 bits per heavy atom. The van der Waals surface area contributed by atoms with Crippen molar-refractivity contribution in [1.82, 2.24) is 9.80 Å². The van der Waals surface area contributed by atoms with Crippen LogP contribution in [0.2, 0.25) is 0 Å². The predicted molar refractivity (Wildman–Crippen MR) is 104 cm³/mol. The molecule has 1 aliphatic heterocycles. The van der Waals surface area contributed by atoms with E-state index in [2.05, 4.69) is 4.90 Å². The number of piperazine rings is 1. The molecule has 3 rings (SSSR count). The van der Waals surface area contributed by atoms with Crippen LogP contribution in [0.5, 0.6) is 5.75 Å². The van der Waals surface area contributed by atoms with Gasteiger partial charge in [0, 0.05) is 31.7 Å². The number of phenols is 1. The Balaban J connectivity index is 0.00000261. The van der Waals surface area contributed by atoms with Crippen molar-refractivity contribution in [3.8, 4) is 5.75 Å². The summed E-state index contributed by atoms with van der Waals surface area (Å²) in [6.45, 7) is 6.08. The number of likely N-dealkylation sites (N-methyl/N-ethyl adjacent to an activating group) is 1. The molecule has 0 spiro atoms. The van der Waals surface area contributed by atoms with Gasteiger partial charge in [0.15, 0.2) is 17.3 Å². The molecule has 1 saturated heterocycles. The second-order valence-electron chi connectivity index (χ2n) is 6.78. The van der Waals surface area contributed by atoms with Crippen LogP contribution in [-0.2, 0) is 11.2 Å². The number of amides is 1. The van der Waals surface area contributed by atoms with Gasteiger partial charge in [0.1, 0.15) is 11.5 Å². The summed E-state index contributed by atoms with van der Waals surface area (Å²) in [6.07, 6.45) is 0.437. The molecular weight excluding hydrogens is 372 g/mol. The topological polar surface area (TPSA) is 91.1 Å². The van der Waals surface area contributed by atoms with E-state index < -0.39 is 0 Å². The molecule has 0 unspecified atom stereocenters. The van der Waals surface area contributed by atoms with Crippen LogP contribution in [0, 0.1) is 13.8 Å². The lowest BCUT2D eigenvalue weighted by Crippen LogP contribution is -2.47. The molecule has 1 amide bonds. The Morgan fingerprint density at radius 1 is 1.26 bits per heavy atom. The van der Waals surface area contributed by atoms with E-state index in [9.17, 15) is 19.5 Å². The minimum Gasteiger partial charge on any atom is -0.507 e. The lowest BCUT2D eigenvalue weighted by molar-refractivity contribution is -0.132. The van der Waals surface area contributed by atoms with Crippen molar-refractivity contribution in [2.75, 3.05) is 33.2 Å². The highest BCUT2D eigenvalue weighted by Crippen LogP contribution is 2.29. The highest BCUT2D eigenvalue weighted by Gasteiger charge is 2.23. The lowest BCUT2D eigenvalue weighted by Gasteiger charge is -2.32. The lowest BCUT2D eigenvalue weighted by atomic mass is 10.0.